The molecule has 0 spiro atoms. The van der Waals surface area contributed by atoms with Crippen LogP contribution in [0.2, 0.25) is 0 Å². The van der Waals surface area contributed by atoms with Gasteiger partial charge in [-0.25, -0.2) is 4.79 Å². The Kier molecular flexibility index (Phi) is 8.39. The lowest BCUT2D eigenvalue weighted by molar-refractivity contribution is -0.131. The first-order valence-electron chi connectivity index (χ1n) is 12.7. The molecule has 0 radical (unpaired) electrons. The molecular formula is C28H36N2O5. The van der Waals surface area contributed by atoms with Crippen LogP contribution in [-0.4, -0.2) is 43.8 Å². The van der Waals surface area contributed by atoms with E-state index in [0.29, 0.717) is 44.1 Å². The normalized spacial score (nSPS) is 18.9. The van der Waals surface area contributed by atoms with E-state index in [2.05, 4.69) is 10.3 Å². The van der Waals surface area contributed by atoms with Gasteiger partial charge in [0.1, 0.15) is 5.75 Å². The number of pyridine rings is 1. The summed E-state index contributed by atoms with van der Waals surface area (Å²) in [5.74, 6) is 0.890. The fourth-order valence-corrected chi connectivity index (χ4v) is 5.14. The third-order valence-corrected chi connectivity index (χ3v) is 7.44. The summed E-state index contributed by atoms with van der Waals surface area (Å²) in [6, 6.07) is 8.87. The lowest BCUT2D eigenvalue weighted by Gasteiger charge is -2.37. The molecular weight excluding hydrogens is 444 g/mol. The Labute approximate surface area is 207 Å². The summed E-state index contributed by atoms with van der Waals surface area (Å²) in [5, 5.41) is 3.19. The molecule has 1 saturated carbocycles. The van der Waals surface area contributed by atoms with E-state index in [-0.39, 0.29) is 17.9 Å². The standard InChI is InChI=1S/C28H36N2O5/c1-20(22-8-10-23(11-9-22)26(31)33-2)30-27(32)28(12-14-34-15-13-28)24-16-25(18-29-17-24)35-19-21-6-4-3-5-7-21/h8-11,16-18,20-21H,3-7,12-15,19H2,1-2H3,(H,30,32)/t20-/m0/s1. The van der Waals surface area contributed by atoms with Crippen molar-refractivity contribution in [3.05, 3.63) is 59.4 Å². The van der Waals surface area contributed by atoms with Gasteiger partial charge in [0.25, 0.3) is 0 Å². The molecule has 1 saturated heterocycles. The van der Waals surface area contributed by atoms with Gasteiger partial charge in [0.2, 0.25) is 5.91 Å². The van der Waals surface area contributed by atoms with Crippen LogP contribution in [0.4, 0.5) is 0 Å². The highest BCUT2D eigenvalue weighted by molar-refractivity contribution is 5.90. The molecule has 1 atom stereocenters. The number of amides is 1. The van der Waals surface area contributed by atoms with Gasteiger partial charge < -0.3 is 19.5 Å². The minimum atomic E-state index is -0.727. The molecule has 1 aromatic carbocycles. The molecule has 7 nitrogen and oxygen atoms in total. The van der Waals surface area contributed by atoms with Gasteiger partial charge in [0.05, 0.1) is 36.9 Å². The van der Waals surface area contributed by atoms with Crippen LogP contribution in [0.1, 0.15) is 79.4 Å². The highest BCUT2D eigenvalue weighted by Crippen LogP contribution is 2.37. The maximum atomic E-state index is 13.7. The summed E-state index contributed by atoms with van der Waals surface area (Å²) in [5.41, 5.74) is 1.53. The zero-order valence-electron chi connectivity index (χ0n) is 20.8. The molecule has 2 aromatic rings. The average Bonchev–Trinajstić information content (AvgIpc) is 2.92. The Balaban J connectivity index is 1.48. The van der Waals surface area contributed by atoms with Crippen LogP contribution in [0.3, 0.4) is 0 Å². The lowest BCUT2D eigenvalue weighted by atomic mass is 9.73. The van der Waals surface area contributed by atoms with E-state index in [1.165, 1.54) is 39.2 Å². The van der Waals surface area contributed by atoms with Crippen LogP contribution in [0.15, 0.2) is 42.7 Å². The molecule has 2 fully saturated rings. The molecule has 2 heterocycles. The Morgan fingerprint density at radius 2 is 1.83 bits per heavy atom. The number of rotatable bonds is 8. The van der Waals surface area contributed by atoms with E-state index >= 15 is 0 Å². The molecule has 7 heteroatoms. The predicted octanol–water partition coefficient (Wildman–Crippen LogP) is 4.75. The van der Waals surface area contributed by atoms with Crippen LogP contribution < -0.4 is 10.1 Å². The number of carbonyl (C=O) groups is 2. The largest absolute Gasteiger partial charge is 0.492 e. The molecule has 1 amide bonds. The first-order chi connectivity index (χ1) is 17.0. The van der Waals surface area contributed by atoms with E-state index in [9.17, 15) is 9.59 Å². The van der Waals surface area contributed by atoms with Crippen molar-refractivity contribution in [1.29, 1.82) is 0 Å². The first-order valence-corrected chi connectivity index (χ1v) is 12.7. The van der Waals surface area contributed by atoms with Crippen molar-refractivity contribution in [3.8, 4) is 5.75 Å². The third kappa shape index (κ3) is 6.01. The monoisotopic (exact) mass is 480 g/mol. The second kappa shape index (κ2) is 11.7. The Morgan fingerprint density at radius 3 is 2.51 bits per heavy atom. The number of carbonyl (C=O) groups excluding carboxylic acids is 2. The summed E-state index contributed by atoms with van der Waals surface area (Å²) in [7, 11) is 1.36. The van der Waals surface area contributed by atoms with Gasteiger partial charge >= 0.3 is 5.97 Å². The molecule has 35 heavy (non-hydrogen) atoms. The number of benzene rings is 1. The van der Waals surface area contributed by atoms with E-state index < -0.39 is 5.41 Å². The highest BCUT2D eigenvalue weighted by Gasteiger charge is 2.42. The van der Waals surface area contributed by atoms with Crippen LogP contribution in [0.25, 0.3) is 0 Å². The van der Waals surface area contributed by atoms with Crippen molar-refractivity contribution in [2.45, 2.75) is 63.3 Å². The third-order valence-electron chi connectivity index (χ3n) is 7.44. The van der Waals surface area contributed by atoms with Gasteiger partial charge in [-0.2, -0.15) is 0 Å². The SMILES string of the molecule is COC(=O)c1ccc([C@H](C)NC(=O)C2(c3cncc(OCC4CCCCC4)c3)CCOCC2)cc1. The van der Waals surface area contributed by atoms with Crippen molar-refractivity contribution in [2.75, 3.05) is 26.9 Å². The van der Waals surface area contributed by atoms with Crippen molar-refractivity contribution < 1.29 is 23.8 Å². The number of ether oxygens (including phenoxy) is 3. The van der Waals surface area contributed by atoms with Crippen molar-refractivity contribution in [1.82, 2.24) is 10.3 Å². The van der Waals surface area contributed by atoms with Gasteiger partial charge in [-0.1, -0.05) is 31.4 Å². The summed E-state index contributed by atoms with van der Waals surface area (Å²) in [4.78, 5) is 29.9. The molecule has 1 aromatic heterocycles. The van der Waals surface area contributed by atoms with Crippen LogP contribution in [0, 0.1) is 5.92 Å². The Hall–Kier alpha value is -2.93. The minimum Gasteiger partial charge on any atom is -0.492 e. The number of aromatic nitrogens is 1. The van der Waals surface area contributed by atoms with E-state index in [0.717, 1.165) is 16.9 Å². The number of esters is 1. The summed E-state index contributed by atoms with van der Waals surface area (Å²) < 4.78 is 16.5. The lowest BCUT2D eigenvalue weighted by Crippen LogP contribution is -2.48. The Morgan fingerprint density at radius 1 is 1.11 bits per heavy atom. The number of nitrogens with one attached hydrogen (secondary N) is 1. The molecule has 0 bridgehead atoms. The Bertz CT molecular complexity index is 995. The molecule has 1 aliphatic heterocycles. The highest BCUT2D eigenvalue weighted by atomic mass is 16.5. The summed E-state index contributed by atoms with van der Waals surface area (Å²) in [6.45, 7) is 3.68. The fraction of sp³-hybridized carbons (Fsp3) is 0.536. The number of hydrogen-bond donors (Lipinski definition) is 1. The van der Waals surface area contributed by atoms with E-state index in [4.69, 9.17) is 14.2 Å². The minimum absolute atomic E-state index is 0.0448. The van der Waals surface area contributed by atoms with Gasteiger partial charge in [0.15, 0.2) is 0 Å². The van der Waals surface area contributed by atoms with Gasteiger partial charge in [-0.05, 0) is 67.9 Å². The maximum absolute atomic E-state index is 13.7. The van der Waals surface area contributed by atoms with Gasteiger partial charge in [0, 0.05) is 19.4 Å². The summed E-state index contributed by atoms with van der Waals surface area (Å²) >= 11 is 0. The maximum Gasteiger partial charge on any atom is 0.337 e. The molecule has 0 unspecified atom stereocenters. The quantitative estimate of drug-likeness (QED) is 0.549. The zero-order chi connectivity index (χ0) is 24.7. The number of nitrogens with zero attached hydrogens (tertiary/aromatic N) is 1. The average molecular weight is 481 g/mol. The van der Waals surface area contributed by atoms with Crippen LogP contribution in [0.5, 0.6) is 5.75 Å². The van der Waals surface area contributed by atoms with E-state index in [1.54, 1.807) is 24.5 Å². The molecule has 4 rings (SSSR count). The van der Waals surface area contributed by atoms with Crippen molar-refractivity contribution >= 4 is 11.9 Å². The second-order valence-electron chi connectivity index (χ2n) is 9.73. The molecule has 2 aliphatic rings. The van der Waals surface area contributed by atoms with Gasteiger partial charge in [-0.15, -0.1) is 0 Å². The number of hydrogen-bond acceptors (Lipinski definition) is 6. The molecule has 188 valence electrons. The first kappa shape index (κ1) is 25.2. The van der Waals surface area contributed by atoms with Crippen LogP contribution >= 0.6 is 0 Å². The van der Waals surface area contributed by atoms with Crippen molar-refractivity contribution in [3.63, 3.8) is 0 Å². The zero-order valence-corrected chi connectivity index (χ0v) is 20.8. The molecule has 1 aliphatic carbocycles. The smallest absolute Gasteiger partial charge is 0.337 e. The molecule has 1 N–H and O–H groups in total. The number of methoxy groups -OCH3 is 1. The second-order valence-corrected chi connectivity index (χ2v) is 9.73. The van der Waals surface area contributed by atoms with Crippen molar-refractivity contribution in [2.24, 2.45) is 5.92 Å². The van der Waals surface area contributed by atoms with E-state index in [1.807, 2.05) is 25.1 Å². The summed E-state index contributed by atoms with van der Waals surface area (Å²) in [6.07, 6.45) is 11.0. The van der Waals surface area contributed by atoms with Gasteiger partial charge in [-0.3, -0.25) is 9.78 Å². The fourth-order valence-electron chi connectivity index (χ4n) is 5.14. The predicted molar refractivity (Wildman–Crippen MR) is 132 cm³/mol. The van der Waals surface area contributed by atoms with Crippen LogP contribution in [-0.2, 0) is 19.7 Å². The topological polar surface area (TPSA) is 86.8 Å².